The van der Waals surface area contributed by atoms with Crippen molar-refractivity contribution in [1.82, 2.24) is 4.57 Å². The Labute approximate surface area is 162 Å². The second-order valence-electron chi connectivity index (χ2n) is 6.26. The third-order valence-corrected chi connectivity index (χ3v) is 4.62. The number of rotatable bonds is 4. The van der Waals surface area contributed by atoms with Crippen molar-refractivity contribution in [2.45, 2.75) is 19.8 Å². The molecule has 0 saturated heterocycles. The van der Waals surface area contributed by atoms with Gasteiger partial charge in [0.1, 0.15) is 17.4 Å². The predicted molar refractivity (Wildman–Crippen MR) is 99.0 cm³/mol. The molecule has 7 heteroatoms. The smallest absolute Gasteiger partial charge is 0.338 e. The number of fused-ring (bicyclic) bond motifs is 1. The van der Waals surface area contributed by atoms with E-state index in [-0.39, 0.29) is 13.4 Å². The SMILES string of the molecule is CCOC(=O)C1=C(C)OC(n2cccc2)=C(C#N)C1c1ccc2c(c1)OCO2. The van der Waals surface area contributed by atoms with Gasteiger partial charge >= 0.3 is 5.97 Å². The summed E-state index contributed by atoms with van der Waals surface area (Å²) < 4.78 is 23.7. The summed E-state index contributed by atoms with van der Waals surface area (Å²) in [7, 11) is 0. The summed E-state index contributed by atoms with van der Waals surface area (Å²) in [5.41, 5.74) is 1.33. The van der Waals surface area contributed by atoms with Crippen LogP contribution in [0.5, 0.6) is 11.5 Å². The number of aromatic nitrogens is 1. The zero-order valence-corrected chi connectivity index (χ0v) is 15.5. The van der Waals surface area contributed by atoms with Crippen LogP contribution in [0.3, 0.4) is 0 Å². The van der Waals surface area contributed by atoms with Gasteiger partial charge in [0.15, 0.2) is 11.5 Å². The van der Waals surface area contributed by atoms with Crippen LogP contribution in [0.4, 0.5) is 0 Å². The monoisotopic (exact) mass is 378 g/mol. The van der Waals surface area contributed by atoms with Crippen molar-refractivity contribution >= 4 is 11.9 Å². The van der Waals surface area contributed by atoms with Crippen LogP contribution in [0, 0.1) is 11.3 Å². The van der Waals surface area contributed by atoms with Crippen LogP contribution in [-0.4, -0.2) is 23.9 Å². The third kappa shape index (κ3) is 2.89. The van der Waals surface area contributed by atoms with Gasteiger partial charge in [0.25, 0.3) is 0 Å². The summed E-state index contributed by atoms with van der Waals surface area (Å²) in [4.78, 5) is 12.7. The normalized spacial score (nSPS) is 18.0. The Kier molecular flexibility index (Phi) is 4.53. The van der Waals surface area contributed by atoms with E-state index in [1.807, 2.05) is 18.2 Å². The fraction of sp³-hybridized carbons (Fsp3) is 0.238. The topological polar surface area (TPSA) is 82.7 Å². The van der Waals surface area contributed by atoms with Crippen LogP contribution in [0.2, 0.25) is 0 Å². The maximum absolute atomic E-state index is 12.7. The molecule has 1 unspecified atom stereocenters. The van der Waals surface area contributed by atoms with Gasteiger partial charge in [-0.2, -0.15) is 5.26 Å². The molecule has 0 radical (unpaired) electrons. The Morgan fingerprint density at radius 3 is 2.75 bits per heavy atom. The minimum Gasteiger partial charge on any atom is -0.463 e. The molecule has 0 spiro atoms. The quantitative estimate of drug-likeness (QED) is 0.757. The molecule has 142 valence electrons. The van der Waals surface area contributed by atoms with Crippen LogP contribution < -0.4 is 9.47 Å². The molecule has 3 heterocycles. The van der Waals surface area contributed by atoms with Gasteiger partial charge < -0.3 is 18.9 Å². The molecule has 0 N–H and O–H groups in total. The van der Waals surface area contributed by atoms with Crippen LogP contribution >= 0.6 is 0 Å². The highest BCUT2D eigenvalue weighted by Gasteiger charge is 2.38. The number of hydrogen-bond donors (Lipinski definition) is 0. The number of benzene rings is 1. The molecule has 2 aliphatic rings. The second-order valence-corrected chi connectivity index (χ2v) is 6.26. The Morgan fingerprint density at radius 2 is 2.04 bits per heavy atom. The number of hydrogen-bond acceptors (Lipinski definition) is 6. The molecule has 1 atom stereocenters. The van der Waals surface area contributed by atoms with Gasteiger partial charge in [-0.3, -0.25) is 4.57 Å². The molecular weight excluding hydrogens is 360 g/mol. The first-order valence-electron chi connectivity index (χ1n) is 8.87. The van der Waals surface area contributed by atoms with E-state index in [2.05, 4.69) is 6.07 Å². The van der Waals surface area contributed by atoms with E-state index in [0.717, 1.165) is 5.56 Å². The van der Waals surface area contributed by atoms with Crippen LogP contribution in [0.1, 0.15) is 25.3 Å². The molecule has 7 nitrogen and oxygen atoms in total. The first-order valence-corrected chi connectivity index (χ1v) is 8.87. The van der Waals surface area contributed by atoms with Gasteiger partial charge in [-0.15, -0.1) is 0 Å². The maximum atomic E-state index is 12.7. The lowest BCUT2D eigenvalue weighted by molar-refractivity contribution is -0.139. The number of esters is 1. The number of carbonyl (C=O) groups is 1. The van der Waals surface area contributed by atoms with Gasteiger partial charge in [-0.25, -0.2) is 4.79 Å². The Morgan fingerprint density at radius 1 is 1.29 bits per heavy atom. The van der Waals surface area contributed by atoms with Crippen molar-refractivity contribution in [1.29, 1.82) is 5.26 Å². The molecule has 0 bridgehead atoms. The lowest BCUT2D eigenvalue weighted by Gasteiger charge is -2.28. The summed E-state index contributed by atoms with van der Waals surface area (Å²) in [6.07, 6.45) is 3.57. The molecule has 0 fully saturated rings. The lowest BCUT2D eigenvalue weighted by Crippen LogP contribution is -2.24. The summed E-state index contributed by atoms with van der Waals surface area (Å²) in [6.45, 7) is 3.80. The standard InChI is InChI=1S/C21H18N2O5/c1-3-25-21(24)18-13(2)28-20(23-8-4-5-9-23)15(11-22)19(18)14-6-7-16-17(10-14)27-12-26-16/h4-10,19H,3,12H2,1-2H3. The van der Waals surface area contributed by atoms with Crippen LogP contribution in [0.15, 0.2) is 59.6 Å². The first kappa shape index (κ1) is 17.7. The van der Waals surface area contributed by atoms with E-state index in [0.29, 0.717) is 34.3 Å². The van der Waals surface area contributed by atoms with Crippen LogP contribution in [-0.2, 0) is 14.3 Å². The Bertz CT molecular complexity index is 1030. The number of nitrogens with zero attached hydrogens (tertiary/aromatic N) is 2. The van der Waals surface area contributed by atoms with E-state index < -0.39 is 11.9 Å². The Hall–Kier alpha value is -3.66. The fourth-order valence-corrected chi connectivity index (χ4v) is 3.40. The minimum atomic E-state index is -0.648. The summed E-state index contributed by atoms with van der Waals surface area (Å²) in [6, 6.07) is 11.3. The fourth-order valence-electron chi connectivity index (χ4n) is 3.40. The predicted octanol–water partition coefficient (Wildman–Crippen LogP) is 3.56. The summed E-state index contributed by atoms with van der Waals surface area (Å²) >= 11 is 0. The molecule has 0 saturated carbocycles. The average molecular weight is 378 g/mol. The molecule has 0 amide bonds. The van der Waals surface area contributed by atoms with Crippen molar-refractivity contribution in [3.05, 3.63) is 65.2 Å². The molecule has 28 heavy (non-hydrogen) atoms. The lowest BCUT2D eigenvalue weighted by atomic mass is 9.83. The number of nitriles is 1. The zero-order valence-electron chi connectivity index (χ0n) is 15.5. The average Bonchev–Trinajstić information content (AvgIpc) is 3.38. The van der Waals surface area contributed by atoms with E-state index in [1.165, 1.54) is 0 Å². The molecule has 2 aromatic rings. The molecule has 2 aliphatic heterocycles. The van der Waals surface area contributed by atoms with E-state index in [1.54, 1.807) is 42.9 Å². The first-order chi connectivity index (χ1) is 13.6. The van der Waals surface area contributed by atoms with Crippen molar-refractivity contribution in [2.24, 2.45) is 0 Å². The minimum absolute atomic E-state index is 0.141. The highest BCUT2D eigenvalue weighted by Crippen LogP contribution is 2.44. The zero-order chi connectivity index (χ0) is 19.7. The number of ether oxygens (including phenoxy) is 4. The van der Waals surface area contributed by atoms with Gasteiger partial charge in [-0.1, -0.05) is 6.07 Å². The van der Waals surface area contributed by atoms with Crippen molar-refractivity contribution in [2.75, 3.05) is 13.4 Å². The van der Waals surface area contributed by atoms with E-state index in [4.69, 9.17) is 18.9 Å². The number of allylic oxidation sites excluding steroid dienone is 2. The Balaban J connectivity index is 1.90. The van der Waals surface area contributed by atoms with Crippen molar-refractivity contribution in [3.8, 4) is 17.6 Å². The van der Waals surface area contributed by atoms with Crippen LogP contribution in [0.25, 0.3) is 5.88 Å². The maximum Gasteiger partial charge on any atom is 0.338 e. The molecular formula is C21H18N2O5. The van der Waals surface area contributed by atoms with E-state index in [9.17, 15) is 10.1 Å². The van der Waals surface area contributed by atoms with Crippen molar-refractivity contribution in [3.63, 3.8) is 0 Å². The summed E-state index contributed by atoms with van der Waals surface area (Å²) in [5.74, 6) is 0.795. The van der Waals surface area contributed by atoms with Gasteiger partial charge in [0.05, 0.1) is 18.1 Å². The van der Waals surface area contributed by atoms with Crippen molar-refractivity contribution < 1.29 is 23.7 Å². The second kappa shape index (κ2) is 7.16. The molecule has 0 aliphatic carbocycles. The molecule has 4 rings (SSSR count). The van der Waals surface area contributed by atoms with Gasteiger partial charge in [0, 0.05) is 12.4 Å². The molecule has 1 aromatic heterocycles. The number of carbonyl (C=O) groups excluding carboxylic acids is 1. The molecule has 1 aromatic carbocycles. The largest absolute Gasteiger partial charge is 0.463 e. The van der Waals surface area contributed by atoms with Gasteiger partial charge in [-0.05, 0) is 43.7 Å². The highest BCUT2D eigenvalue weighted by molar-refractivity contribution is 5.93. The van der Waals surface area contributed by atoms with E-state index >= 15 is 0 Å². The highest BCUT2D eigenvalue weighted by atomic mass is 16.7. The third-order valence-electron chi connectivity index (χ3n) is 4.62. The summed E-state index contributed by atoms with van der Waals surface area (Å²) in [5, 5.41) is 9.97. The van der Waals surface area contributed by atoms with Gasteiger partial charge in [0.2, 0.25) is 12.7 Å².